The van der Waals surface area contributed by atoms with E-state index in [0.717, 1.165) is 30.3 Å². The lowest BCUT2D eigenvalue weighted by Gasteiger charge is -2.29. The molecule has 13 heteroatoms. The zero-order valence-electron chi connectivity index (χ0n) is 14.9. The minimum absolute atomic E-state index is 0.0243. The first-order chi connectivity index (χ1) is 13.8. The maximum Gasteiger partial charge on any atom is 0.435 e. The first-order valence-electron chi connectivity index (χ1n) is 8.07. The molecule has 1 atom stereocenters. The van der Waals surface area contributed by atoms with E-state index in [9.17, 15) is 35.6 Å². The Balaban J connectivity index is 2.08. The zero-order valence-corrected chi connectivity index (χ0v) is 16.5. The summed E-state index contributed by atoms with van der Waals surface area (Å²) in [6, 6.07) is 5.54. The summed E-state index contributed by atoms with van der Waals surface area (Å²) in [5.74, 6) is -2.91. The largest absolute Gasteiger partial charge is 0.435 e. The van der Waals surface area contributed by atoms with Gasteiger partial charge in [0.05, 0.1) is 15.6 Å². The summed E-state index contributed by atoms with van der Waals surface area (Å²) in [4.78, 5) is 24.4. The van der Waals surface area contributed by atoms with Gasteiger partial charge in [0.15, 0.2) is 0 Å². The van der Waals surface area contributed by atoms with Crippen LogP contribution in [0.2, 0.25) is 5.02 Å². The van der Waals surface area contributed by atoms with Crippen molar-refractivity contribution in [3.8, 4) is 0 Å². The summed E-state index contributed by atoms with van der Waals surface area (Å²) >= 11 is 5.57. The fourth-order valence-electron chi connectivity index (χ4n) is 2.69. The lowest BCUT2D eigenvalue weighted by atomic mass is 10.1. The second kappa shape index (κ2) is 7.22. The highest BCUT2D eigenvalue weighted by Gasteiger charge is 2.69. The number of carbonyl (C=O) groups excluding carboxylic acids is 2. The van der Waals surface area contributed by atoms with Gasteiger partial charge in [0.1, 0.15) is 5.82 Å². The average molecular weight is 466 g/mol. The number of aryl methyl sites for hydroxylation is 1. The summed E-state index contributed by atoms with van der Waals surface area (Å²) in [6.45, 7) is 1.63. The van der Waals surface area contributed by atoms with E-state index >= 15 is 0 Å². The van der Waals surface area contributed by atoms with Gasteiger partial charge in [-0.15, -0.1) is 0 Å². The van der Waals surface area contributed by atoms with Gasteiger partial charge >= 0.3 is 12.2 Å². The predicted octanol–water partition coefficient (Wildman–Crippen LogP) is 3.08. The number of carbonyl (C=O) groups is 2. The number of hydrogen-bond acceptors (Lipinski definition) is 4. The van der Waals surface area contributed by atoms with Crippen LogP contribution >= 0.6 is 11.6 Å². The number of halogens is 5. The van der Waals surface area contributed by atoms with Crippen LogP contribution < -0.4 is 14.9 Å². The Hall–Kier alpha value is -2.70. The van der Waals surface area contributed by atoms with Crippen molar-refractivity contribution in [1.29, 1.82) is 0 Å². The number of alkyl halides is 3. The van der Waals surface area contributed by atoms with Crippen LogP contribution in [0.1, 0.15) is 5.56 Å². The maximum atomic E-state index is 13.9. The highest BCUT2D eigenvalue weighted by atomic mass is 35.5. The van der Waals surface area contributed by atoms with Crippen LogP contribution in [-0.4, -0.2) is 32.2 Å². The topological polar surface area (TPSA) is 95.6 Å². The molecule has 1 heterocycles. The summed E-state index contributed by atoms with van der Waals surface area (Å²) in [6.07, 6.45) is -5.56. The molecule has 7 nitrogen and oxygen atoms in total. The van der Waals surface area contributed by atoms with Crippen LogP contribution in [0.3, 0.4) is 0 Å². The predicted molar refractivity (Wildman–Crippen MR) is 97.7 cm³/mol. The van der Waals surface area contributed by atoms with Crippen molar-refractivity contribution in [2.24, 2.45) is 0 Å². The van der Waals surface area contributed by atoms with Crippen LogP contribution in [0.15, 0.2) is 47.4 Å². The van der Waals surface area contributed by atoms with Crippen LogP contribution in [0.5, 0.6) is 0 Å². The molecule has 2 N–H and O–H groups in total. The van der Waals surface area contributed by atoms with E-state index in [2.05, 4.69) is 0 Å². The van der Waals surface area contributed by atoms with Crippen molar-refractivity contribution in [2.75, 3.05) is 4.90 Å². The first-order valence-corrected chi connectivity index (χ1v) is 9.94. The molecule has 0 radical (unpaired) electrons. The van der Waals surface area contributed by atoms with E-state index in [1.165, 1.54) is 22.2 Å². The van der Waals surface area contributed by atoms with Crippen molar-refractivity contribution >= 4 is 39.2 Å². The van der Waals surface area contributed by atoms with Gasteiger partial charge < -0.3 is 5.32 Å². The number of hydrogen-bond donors (Lipinski definition) is 2. The highest BCUT2D eigenvalue weighted by molar-refractivity contribution is 7.89. The van der Waals surface area contributed by atoms with E-state index in [-0.39, 0.29) is 4.90 Å². The van der Waals surface area contributed by atoms with Crippen molar-refractivity contribution in [3.63, 3.8) is 0 Å². The number of nitrogens with zero attached hydrogens (tertiary/aromatic N) is 1. The first kappa shape index (κ1) is 22.0. The van der Waals surface area contributed by atoms with Crippen LogP contribution in [0.25, 0.3) is 0 Å². The second-order valence-corrected chi connectivity index (χ2v) is 8.43. The van der Waals surface area contributed by atoms with Crippen LogP contribution in [-0.2, 0) is 14.8 Å². The Labute approximate surface area is 172 Å². The molecule has 3 rings (SSSR count). The molecular formula is C17H12ClF4N3O4S. The Morgan fingerprint density at radius 2 is 1.70 bits per heavy atom. The molecule has 1 aliphatic rings. The molecule has 1 aliphatic heterocycles. The van der Waals surface area contributed by atoms with Gasteiger partial charge in [-0.2, -0.15) is 17.9 Å². The summed E-state index contributed by atoms with van der Waals surface area (Å²) in [5.41, 5.74) is -3.82. The number of amides is 3. The van der Waals surface area contributed by atoms with E-state index < -0.39 is 55.2 Å². The number of nitrogens with one attached hydrogen (secondary N) is 2. The van der Waals surface area contributed by atoms with Crippen LogP contribution in [0, 0.1) is 12.7 Å². The lowest BCUT2D eigenvalue weighted by molar-refractivity contribution is -0.194. The Kier molecular flexibility index (Phi) is 5.29. The molecule has 30 heavy (non-hydrogen) atoms. The molecule has 160 valence electrons. The Morgan fingerprint density at radius 3 is 2.23 bits per heavy atom. The molecule has 1 saturated heterocycles. The standard InChI is InChI=1S/C17H12ClF4N3O4S/c1-9-2-5-11(6-3-9)30(28,29)24-16(17(20,21)22)14(26)25(15(27)23-16)10-4-7-13(19)12(18)8-10/h2-8,24H,1H3,(H,23,27)/t16-/m1/s1. The highest BCUT2D eigenvalue weighted by Crippen LogP contribution is 2.37. The van der Waals surface area contributed by atoms with Gasteiger partial charge in [-0.25, -0.2) is 22.5 Å². The van der Waals surface area contributed by atoms with Gasteiger partial charge in [-0.05, 0) is 37.3 Å². The molecule has 2 aromatic carbocycles. The second-order valence-electron chi connectivity index (χ2n) is 6.34. The van der Waals surface area contributed by atoms with E-state index in [1.54, 1.807) is 6.92 Å². The normalized spacial score (nSPS) is 19.9. The average Bonchev–Trinajstić information content (AvgIpc) is 2.88. The molecular weight excluding hydrogens is 454 g/mol. The summed E-state index contributed by atoms with van der Waals surface area (Å²) < 4.78 is 81.4. The van der Waals surface area contributed by atoms with Crippen LogP contribution in [0.4, 0.5) is 28.0 Å². The maximum absolute atomic E-state index is 13.9. The lowest BCUT2D eigenvalue weighted by Crippen LogP contribution is -2.69. The minimum Gasteiger partial charge on any atom is -0.302 e. The fraction of sp³-hybridized carbons (Fsp3) is 0.176. The van der Waals surface area contributed by atoms with E-state index in [4.69, 9.17) is 11.6 Å². The number of sulfonamides is 1. The van der Waals surface area contributed by atoms with Gasteiger partial charge in [0, 0.05) is 0 Å². The third-order valence-electron chi connectivity index (χ3n) is 4.23. The van der Waals surface area contributed by atoms with Crippen molar-refractivity contribution in [2.45, 2.75) is 23.7 Å². The number of benzene rings is 2. The molecule has 0 bridgehead atoms. The summed E-state index contributed by atoms with van der Waals surface area (Å²) in [5, 5.41) is 0.805. The molecule has 0 aliphatic carbocycles. The van der Waals surface area contributed by atoms with Gasteiger partial charge in [0.25, 0.3) is 11.6 Å². The van der Waals surface area contributed by atoms with Gasteiger partial charge in [-0.1, -0.05) is 29.3 Å². The van der Waals surface area contributed by atoms with E-state index in [1.807, 2.05) is 0 Å². The quantitative estimate of drug-likeness (QED) is 0.536. The van der Waals surface area contributed by atoms with Crippen molar-refractivity contribution in [3.05, 3.63) is 58.9 Å². The number of anilines is 1. The Bertz CT molecular complexity index is 1140. The molecule has 0 unspecified atom stereocenters. The smallest absolute Gasteiger partial charge is 0.302 e. The van der Waals surface area contributed by atoms with Gasteiger partial charge in [-0.3, -0.25) is 4.79 Å². The zero-order chi connectivity index (χ0) is 22.5. The number of rotatable bonds is 4. The Morgan fingerprint density at radius 1 is 1.10 bits per heavy atom. The molecule has 0 aromatic heterocycles. The molecule has 0 saturated carbocycles. The SMILES string of the molecule is Cc1ccc(S(=O)(=O)N[C@]2(C(F)(F)F)NC(=O)N(c3ccc(F)c(Cl)c3)C2=O)cc1. The van der Waals surface area contributed by atoms with Crippen molar-refractivity contribution in [1.82, 2.24) is 10.0 Å². The monoisotopic (exact) mass is 465 g/mol. The third kappa shape index (κ3) is 3.61. The molecule has 3 amide bonds. The van der Waals surface area contributed by atoms with Crippen molar-refractivity contribution < 1.29 is 35.6 Å². The van der Waals surface area contributed by atoms with Gasteiger partial charge in [0.2, 0.25) is 10.0 Å². The fourth-order valence-corrected chi connectivity index (χ4v) is 4.13. The molecule has 0 spiro atoms. The number of imide groups is 1. The summed E-state index contributed by atoms with van der Waals surface area (Å²) in [7, 11) is -4.90. The minimum atomic E-state index is -5.56. The number of urea groups is 1. The molecule has 2 aromatic rings. The molecule has 1 fully saturated rings. The third-order valence-corrected chi connectivity index (χ3v) is 5.98. The van der Waals surface area contributed by atoms with E-state index in [0.29, 0.717) is 5.56 Å².